The molecule has 0 bridgehead atoms. The molecule has 1 fully saturated rings. The van der Waals surface area contributed by atoms with Crippen molar-refractivity contribution in [3.63, 3.8) is 0 Å². The van der Waals surface area contributed by atoms with Gasteiger partial charge in [-0.15, -0.1) is 0 Å². The molecule has 1 aliphatic heterocycles. The maximum Gasteiger partial charge on any atom is 0.254 e. The average Bonchev–Trinajstić information content (AvgIpc) is 2.76. The van der Waals surface area contributed by atoms with E-state index in [1.54, 1.807) is 36.4 Å². The van der Waals surface area contributed by atoms with Crippen LogP contribution in [0, 0.1) is 19.7 Å². The number of piperazine rings is 1. The first kappa shape index (κ1) is 21.2. The summed E-state index contributed by atoms with van der Waals surface area (Å²) in [6, 6.07) is 13.8. The van der Waals surface area contributed by atoms with Gasteiger partial charge >= 0.3 is 0 Å². The lowest BCUT2D eigenvalue weighted by Crippen LogP contribution is -2.49. The van der Waals surface area contributed by atoms with Gasteiger partial charge in [0.2, 0.25) is 0 Å². The van der Waals surface area contributed by atoms with E-state index in [1.165, 1.54) is 6.07 Å². The predicted octanol–water partition coefficient (Wildman–Crippen LogP) is 4.44. The van der Waals surface area contributed by atoms with E-state index in [2.05, 4.69) is 9.88 Å². The smallest absolute Gasteiger partial charge is 0.254 e. The number of carbonyl (C=O) groups excluding carboxylic acids is 1. The molecule has 7 heteroatoms. The molecule has 5 nitrogen and oxygen atoms in total. The number of amides is 1. The molecule has 1 amide bonds. The molecule has 0 unspecified atom stereocenters. The lowest BCUT2D eigenvalue weighted by Gasteiger charge is -2.36. The molecule has 1 saturated heterocycles. The van der Waals surface area contributed by atoms with E-state index in [-0.39, 0.29) is 11.7 Å². The monoisotopic (exact) mass is 438 g/mol. The lowest BCUT2D eigenvalue weighted by atomic mass is 10.0. The molecule has 0 spiro atoms. The quantitative estimate of drug-likeness (QED) is 0.604. The number of anilines is 1. The van der Waals surface area contributed by atoms with Crippen molar-refractivity contribution in [3.05, 3.63) is 87.6 Å². The molecule has 4 rings (SSSR count). The Balaban J connectivity index is 1.54. The third-order valence-corrected chi connectivity index (χ3v) is 5.80. The van der Waals surface area contributed by atoms with Crippen LogP contribution in [-0.2, 0) is 6.42 Å². The summed E-state index contributed by atoms with van der Waals surface area (Å²) in [5, 5.41) is 0.550. The highest BCUT2D eigenvalue weighted by molar-refractivity contribution is 6.30. The number of rotatable bonds is 4. The topological polar surface area (TPSA) is 49.3 Å². The highest BCUT2D eigenvalue weighted by Crippen LogP contribution is 2.26. The Labute approximate surface area is 186 Å². The summed E-state index contributed by atoms with van der Waals surface area (Å²) in [4.78, 5) is 26.0. The fraction of sp³-hybridized carbons (Fsp3) is 0.292. The fourth-order valence-electron chi connectivity index (χ4n) is 3.94. The van der Waals surface area contributed by atoms with Gasteiger partial charge in [-0.05, 0) is 43.7 Å². The van der Waals surface area contributed by atoms with Gasteiger partial charge in [0.15, 0.2) is 0 Å². The van der Waals surface area contributed by atoms with E-state index in [1.807, 2.05) is 24.8 Å². The van der Waals surface area contributed by atoms with Gasteiger partial charge in [-0.2, -0.15) is 0 Å². The maximum absolute atomic E-state index is 14.3. The minimum Gasteiger partial charge on any atom is -0.353 e. The van der Waals surface area contributed by atoms with Gasteiger partial charge in [0, 0.05) is 54.4 Å². The summed E-state index contributed by atoms with van der Waals surface area (Å²) in [7, 11) is 0. The van der Waals surface area contributed by atoms with Crippen molar-refractivity contribution in [2.24, 2.45) is 0 Å². The van der Waals surface area contributed by atoms with Crippen LogP contribution < -0.4 is 4.90 Å². The number of aromatic nitrogens is 2. The highest BCUT2D eigenvalue weighted by Gasteiger charge is 2.25. The number of aryl methyl sites for hydroxylation is 2. The summed E-state index contributed by atoms with van der Waals surface area (Å²) in [6.45, 7) is 6.24. The van der Waals surface area contributed by atoms with Gasteiger partial charge in [-0.1, -0.05) is 35.9 Å². The Kier molecular flexibility index (Phi) is 6.18. The molecular formula is C24H24ClFN4O. The SMILES string of the molecule is Cc1nc(C)c(Cc2ccccc2F)c(N2CCN(C(=O)c3cccc(Cl)c3)CC2)n1. The van der Waals surface area contributed by atoms with Gasteiger partial charge in [0.25, 0.3) is 5.91 Å². The number of nitrogens with zero attached hydrogens (tertiary/aromatic N) is 4. The van der Waals surface area contributed by atoms with Crippen LogP contribution in [0.25, 0.3) is 0 Å². The first-order chi connectivity index (χ1) is 14.9. The summed E-state index contributed by atoms with van der Waals surface area (Å²) >= 11 is 6.04. The van der Waals surface area contributed by atoms with Crippen molar-refractivity contribution in [1.82, 2.24) is 14.9 Å². The Morgan fingerprint density at radius 1 is 1.03 bits per heavy atom. The van der Waals surface area contributed by atoms with E-state index in [0.717, 1.165) is 17.1 Å². The molecule has 0 atom stereocenters. The van der Waals surface area contributed by atoms with Gasteiger partial charge < -0.3 is 9.80 Å². The molecule has 0 N–H and O–H groups in total. The number of carbonyl (C=O) groups is 1. The number of hydrogen-bond acceptors (Lipinski definition) is 4. The summed E-state index contributed by atoms with van der Waals surface area (Å²) < 4.78 is 14.3. The van der Waals surface area contributed by atoms with Crippen molar-refractivity contribution in [2.75, 3.05) is 31.1 Å². The fourth-order valence-corrected chi connectivity index (χ4v) is 4.13. The molecule has 1 aromatic heterocycles. The first-order valence-electron chi connectivity index (χ1n) is 10.3. The minimum absolute atomic E-state index is 0.0243. The van der Waals surface area contributed by atoms with E-state index >= 15 is 0 Å². The van der Waals surface area contributed by atoms with E-state index in [4.69, 9.17) is 16.6 Å². The van der Waals surface area contributed by atoms with Crippen LogP contribution in [0.3, 0.4) is 0 Å². The molecule has 0 radical (unpaired) electrons. The second kappa shape index (κ2) is 9.02. The van der Waals surface area contributed by atoms with Crippen molar-refractivity contribution in [3.8, 4) is 0 Å². The van der Waals surface area contributed by atoms with Crippen LogP contribution in [0.15, 0.2) is 48.5 Å². The van der Waals surface area contributed by atoms with Crippen molar-refractivity contribution >= 4 is 23.3 Å². The van der Waals surface area contributed by atoms with Crippen LogP contribution in [0.1, 0.15) is 33.0 Å². The second-order valence-electron chi connectivity index (χ2n) is 7.72. The van der Waals surface area contributed by atoms with Crippen LogP contribution >= 0.6 is 11.6 Å². The summed E-state index contributed by atoms with van der Waals surface area (Å²) in [5.41, 5.74) is 2.98. The molecule has 0 saturated carbocycles. The molecule has 31 heavy (non-hydrogen) atoms. The normalized spacial score (nSPS) is 14.1. The van der Waals surface area contributed by atoms with Gasteiger partial charge in [0.05, 0.1) is 0 Å². The molecular weight excluding hydrogens is 415 g/mol. The largest absolute Gasteiger partial charge is 0.353 e. The van der Waals surface area contributed by atoms with Crippen LogP contribution in [0.2, 0.25) is 5.02 Å². The summed E-state index contributed by atoms with van der Waals surface area (Å²) in [5.74, 6) is 1.25. The Bertz CT molecular complexity index is 1110. The summed E-state index contributed by atoms with van der Waals surface area (Å²) in [6.07, 6.45) is 0.426. The highest BCUT2D eigenvalue weighted by atomic mass is 35.5. The van der Waals surface area contributed by atoms with Crippen LogP contribution in [0.5, 0.6) is 0 Å². The Hall–Kier alpha value is -2.99. The average molecular weight is 439 g/mol. The Morgan fingerprint density at radius 3 is 2.48 bits per heavy atom. The predicted molar refractivity (Wildman–Crippen MR) is 120 cm³/mol. The standard InChI is InChI=1S/C24H24ClFN4O/c1-16-21(15-18-6-3-4-9-22(18)26)23(28-17(2)27-16)29-10-12-30(13-11-29)24(31)19-7-5-8-20(25)14-19/h3-9,14H,10-13,15H2,1-2H3. The zero-order chi connectivity index (χ0) is 22.0. The second-order valence-corrected chi connectivity index (χ2v) is 8.15. The zero-order valence-corrected chi connectivity index (χ0v) is 18.4. The molecule has 3 aromatic rings. The van der Waals surface area contributed by atoms with Crippen LogP contribution in [-0.4, -0.2) is 47.0 Å². The third kappa shape index (κ3) is 4.69. The molecule has 2 heterocycles. The van der Waals surface area contributed by atoms with Crippen LogP contribution in [0.4, 0.5) is 10.2 Å². The van der Waals surface area contributed by atoms with Gasteiger partial charge in [0.1, 0.15) is 17.5 Å². The van der Waals surface area contributed by atoms with E-state index in [0.29, 0.717) is 54.6 Å². The van der Waals surface area contributed by atoms with Crippen molar-refractivity contribution < 1.29 is 9.18 Å². The molecule has 1 aliphatic rings. The molecule has 0 aliphatic carbocycles. The van der Waals surface area contributed by atoms with Crippen molar-refractivity contribution in [2.45, 2.75) is 20.3 Å². The Morgan fingerprint density at radius 2 is 1.77 bits per heavy atom. The van der Waals surface area contributed by atoms with E-state index in [9.17, 15) is 9.18 Å². The molecule has 160 valence electrons. The minimum atomic E-state index is -0.231. The van der Waals surface area contributed by atoms with E-state index < -0.39 is 0 Å². The van der Waals surface area contributed by atoms with Gasteiger partial charge in [-0.3, -0.25) is 4.79 Å². The molecule has 2 aromatic carbocycles. The first-order valence-corrected chi connectivity index (χ1v) is 10.7. The maximum atomic E-state index is 14.3. The van der Waals surface area contributed by atoms with Crippen molar-refractivity contribution in [1.29, 1.82) is 0 Å². The lowest BCUT2D eigenvalue weighted by molar-refractivity contribution is 0.0746. The van der Waals surface area contributed by atoms with Gasteiger partial charge in [-0.25, -0.2) is 14.4 Å². The zero-order valence-electron chi connectivity index (χ0n) is 17.6. The number of hydrogen-bond donors (Lipinski definition) is 0. The third-order valence-electron chi connectivity index (χ3n) is 5.57. The number of halogens is 2. The number of benzene rings is 2.